The zero-order chi connectivity index (χ0) is 12.6. The predicted octanol–water partition coefficient (Wildman–Crippen LogP) is -0.908. The first-order valence-electron chi connectivity index (χ1n) is 5.14. The SMILES string of the molecule is Cn1c(=O)c2[nH]c(CCC=O)nc2n(C)c1=O. The summed E-state index contributed by atoms with van der Waals surface area (Å²) in [5.41, 5.74) is -0.224. The van der Waals surface area contributed by atoms with E-state index in [0.29, 0.717) is 24.3 Å². The molecule has 7 nitrogen and oxygen atoms in total. The summed E-state index contributed by atoms with van der Waals surface area (Å²) in [6, 6.07) is 0. The van der Waals surface area contributed by atoms with Gasteiger partial charge in [0.1, 0.15) is 17.6 Å². The van der Waals surface area contributed by atoms with Gasteiger partial charge in [0.2, 0.25) is 0 Å². The molecule has 90 valence electrons. The highest BCUT2D eigenvalue weighted by Crippen LogP contribution is 2.05. The first kappa shape index (κ1) is 11.3. The van der Waals surface area contributed by atoms with Crippen molar-refractivity contribution >= 4 is 17.5 Å². The van der Waals surface area contributed by atoms with E-state index >= 15 is 0 Å². The van der Waals surface area contributed by atoms with E-state index in [1.54, 1.807) is 7.05 Å². The van der Waals surface area contributed by atoms with Crippen LogP contribution in [0.15, 0.2) is 9.59 Å². The highest BCUT2D eigenvalue weighted by atomic mass is 16.2. The van der Waals surface area contributed by atoms with Crippen molar-refractivity contribution in [2.45, 2.75) is 12.8 Å². The third-order valence-electron chi connectivity index (χ3n) is 2.64. The number of hydrogen-bond donors (Lipinski definition) is 1. The number of carbonyl (C=O) groups is 1. The van der Waals surface area contributed by atoms with Gasteiger partial charge in [-0.3, -0.25) is 13.9 Å². The Morgan fingerprint density at radius 1 is 1.29 bits per heavy atom. The number of aromatic nitrogens is 4. The highest BCUT2D eigenvalue weighted by Gasteiger charge is 2.12. The predicted molar refractivity (Wildman–Crippen MR) is 61.0 cm³/mol. The molecule has 0 spiro atoms. The van der Waals surface area contributed by atoms with Crippen LogP contribution in [0.2, 0.25) is 0 Å². The van der Waals surface area contributed by atoms with Crippen LogP contribution in [0.3, 0.4) is 0 Å². The Morgan fingerprint density at radius 3 is 2.65 bits per heavy atom. The zero-order valence-electron chi connectivity index (χ0n) is 9.56. The van der Waals surface area contributed by atoms with Gasteiger partial charge >= 0.3 is 5.69 Å². The molecule has 0 radical (unpaired) electrons. The monoisotopic (exact) mass is 236 g/mol. The van der Waals surface area contributed by atoms with Crippen LogP contribution >= 0.6 is 0 Å². The second-order valence-corrected chi connectivity index (χ2v) is 3.79. The van der Waals surface area contributed by atoms with Crippen LogP contribution in [0.1, 0.15) is 12.2 Å². The number of aromatic amines is 1. The third kappa shape index (κ3) is 1.69. The van der Waals surface area contributed by atoms with Gasteiger partial charge in [-0.05, 0) is 0 Å². The Balaban J connectivity index is 2.72. The number of aryl methyl sites for hydroxylation is 2. The number of fused-ring (bicyclic) bond motifs is 1. The van der Waals surface area contributed by atoms with Gasteiger partial charge in [0.25, 0.3) is 5.56 Å². The summed E-state index contributed by atoms with van der Waals surface area (Å²) in [6.45, 7) is 0. The average Bonchev–Trinajstić information content (AvgIpc) is 2.75. The molecule has 2 aromatic rings. The first-order chi connectivity index (χ1) is 8.06. The number of hydrogen-bond acceptors (Lipinski definition) is 4. The van der Waals surface area contributed by atoms with Gasteiger partial charge in [0.15, 0.2) is 5.65 Å². The summed E-state index contributed by atoms with van der Waals surface area (Å²) in [5, 5.41) is 0. The third-order valence-corrected chi connectivity index (χ3v) is 2.64. The van der Waals surface area contributed by atoms with E-state index in [9.17, 15) is 14.4 Å². The minimum absolute atomic E-state index is 0.287. The molecule has 0 aliphatic carbocycles. The molecule has 0 saturated heterocycles. The van der Waals surface area contributed by atoms with Crippen LogP contribution in [-0.4, -0.2) is 25.4 Å². The summed E-state index contributed by atoms with van der Waals surface area (Å²) in [5.74, 6) is 0.533. The molecule has 0 unspecified atom stereocenters. The number of H-pyrrole nitrogens is 1. The summed E-state index contributed by atoms with van der Waals surface area (Å²) in [6.07, 6.45) is 1.54. The quantitative estimate of drug-likeness (QED) is 0.699. The van der Waals surface area contributed by atoms with E-state index in [1.807, 2.05) is 0 Å². The summed E-state index contributed by atoms with van der Waals surface area (Å²) in [7, 11) is 2.96. The zero-order valence-corrected chi connectivity index (χ0v) is 9.56. The molecule has 0 fully saturated rings. The van der Waals surface area contributed by atoms with E-state index in [2.05, 4.69) is 9.97 Å². The molecule has 0 atom stereocenters. The maximum absolute atomic E-state index is 11.8. The fourth-order valence-electron chi connectivity index (χ4n) is 1.69. The number of imidazole rings is 1. The molecule has 2 heterocycles. The number of nitrogens with zero attached hydrogens (tertiary/aromatic N) is 3. The van der Waals surface area contributed by atoms with Crippen molar-refractivity contribution in [3.05, 3.63) is 26.7 Å². The van der Waals surface area contributed by atoms with Gasteiger partial charge in [-0.25, -0.2) is 9.78 Å². The summed E-state index contributed by atoms with van der Waals surface area (Å²) >= 11 is 0. The Kier molecular flexibility index (Phi) is 2.66. The van der Waals surface area contributed by atoms with Crippen LogP contribution in [0, 0.1) is 0 Å². The molecule has 0 aliphatic rings. The second-order valence-electron chi connectivity index (χ2n) is 3.79. The molecule has 0 aliphatic heterocycles. The van der Waals surface area contributed by atoms with Gasteiger partial charge in [-0.15, -0.1) is 0 Å². The van der Waals surface area contributed by atoms with Crippen LogP contribution in [-0.2, 0) is 25.3 Å². The van der Waals surface area contributed by atoms with Gasteiger partial charge in [-0.2, -0.15) is 0 Å². The fraction of sp³-hybridized carbons (Fsp3) is 0.400. The van der Waals surface area contributed by atoms with E-state index in [1.165, 1.54) is 11.6 Å². The van der Waals surface area contributed by atoms with E-state index in [4.69, 9.17) is 0 Å². The van der Waals surface area contributed by atoms with E-state index in [0.717, 1.165) is 10.9 Å². The Labute approximate surface area is 95.7 Å². The molecule has 1 N–H and O–H groups in total. The molecule has 2 rings (SSSR count). The van der Waals surface area contributed by atoms with E-state index in [-0.39, 0.29) is 5.52 Å². The molecule has 0 saturated carbocycles. The van der Waals surface area contributed by atoms with Gasteiger partial charge in [0, 0.05) is 26.9 Å². The first-order valence-corrected chi connectivity index (χ1v) is 5.14. The molecule has 7 heteroatoms. The lowest BCUT2D eigenvalue weighted by Gasteiger charge is -2.00. The van der Waals surface area contributed by atoms with Crippen molar-refractivity contribution in [3.63, 3.8) is 0 Å². The highest BCUT2D eigenvalue weighted by molar-refractivity contribution is 5.69. The number of carbonyl (C=O) groups excluding carboxylic acids is 1. The van der Waals surface area contributed by atoms with Crippen molar-refractivity contribution in [2.24, 2.45) is 14.1 Å². The van der Waals surface area contributed by atoms with Crippen molar-refractivity contribution in [1.82, 2.24) is 19.1 Å². The molecule has 0 bridgehead atoms. The van der Waals surface area contributed by atoms with Crippen LogP contribution < -0.4 is 11.2 Å². The molecule has 17 heavy (non-hydrogen) atoms. The smallest absolute Gasteiger partial charge is 0.332 e. The normalized spacial score (nSPS) is 10.9. The Hall–Kier alpha value is -2.18. The van der Waals surface area contributed by atoms with Crippen molar-refractivity contribution in [2.75, 3.05) is 0 Å². The van der Waals surface area contributed by atoms with Crippen molar-refractivity contribution < 1.29 is 4.79 Å². The lowest BCUT2D eigenvalue weighted by Crippen LogP contribution is -2.36. The number of nitrogens with one attached hydrogen (secondary N) is 1. The summed E-state index contributed by atoms with van der Waals surface area (Å²) < 4.78 is 2.32. The minimum atomic E-state index is -0.420. The number of aldehydes is 1. The Morgan fingerprint density at radius 2 is 2.00 bits per heavy atom. The second kappa shape index (κ2) is 4.00. The minimum Gasteiger partial charge on any atom is -0.336 e. The fourth-order valence-corrected chi connectivity index (χ4v) is 1.69. The van der Waals surface area contributed by atoms with Crippen LogP contribution in [0.4, 0.5) is 0 Å². The topological polar surface area (TPSA) is 89.8 Å². The number of rotatable bonds is 3. The van der Waals surface area contributed by atoms with Crippen LogP contribution in [0.25, 0.3) is 11.2 Å². The van der Waals surface area contributed by atoms with Crippen molar-refractivity contribution in [1.29, 1.82) is 0 Å². The standard InChI is InChI=1S/C10H12N4O3/c1-13-8-7(9(16)14(2)10(13)17)11-6(12-8)4-3-5-15/h5H,3-4H2,1-2H3,(H,11,12). The molecule has 0 aromatic carbocycles. The largest absolute Gasteiger partial charge is 0.336 e. The maximum atomic E-state index is 11.8. The Bertz CT molecular complexity index is 692. The lowest BCUT2D eigenvalue weighted by atomic mass is 10.3. The molecular weight excluding hydrogens is 224 g/mol. The van der Waals surface area contributed by atoms with E-state index < -0.39 is 11.2 Å². The average molecular weight is 236 g/mol. The summed E-state index contributed by atoms with van der Waals surface area (Å²) in [4.78, 5) is 40.7. The van der Waals surface area contributed by atoms with Gasteiger partial charge in [-0.1, -0.05) is 0 Å². The maximum Gasteiger partial charge on any atom is 0.332 e. The lowest BCUT2D eigenvalue weighted by molar-refractivity contribution is -0.107. The van der Waals surface area contributed by atoms with Gasteiger partial charge < -0.3 is 9.78 Å². The van der Waals surface area contributed by atoms with Crippen LogP contribution in [0.5, 0.6) is 0 Å². The molecule has 2 aromatic heterocycles. The molecular formula is C10H12N4O3. The van der Waals surface area contributed by atoms with Gasteiger partial charge in [0.05, 0.1) is 0 Å². The molecule has 0 amide bonds. The van der Waals surface area contributed by atoms with Crippen molar-refractivity contribution in [3.8, 4) is 0 Å².